The van der Waals surface area contributed by atoms with Crippen molar-refractivity contribution in [2.24, 2.45) is 0 Å². The Bertz CT molecular complexity index is 918. The lowest BCUT2D eigenvalue weighted by Crippen LogP contribution is -2.30. The fourth-order valence-corrected chi connectivity index (χ4v) is 2.79. The molecule has 0 bridgehead atoms. The molecule has 0 aliphatic heterocycles. The number of anilines is 1. The predicted molar refractivity (Wildman–Crippen MR) is 102 cm³/mol. The first-order valence-corrected chi connectivity index (χ1v) is 8.86. The van der Waals surface area contributed by atoms with Gasteiger partial charge in [0.1, 0.15) is 5.82 Å². The molecule has 0 radical (unpaired) electrons. The number of urea groups is 1. The highest BCUT2D eigenvalue weighted by atomic mass is 16.2. The highest BCUT2D eigenvalue weighted by Crippen LogP contribution is 2.17. The van der Waals surface area contributed by atoms with Gasteiger partial charge in [-0.05, 0) is 38.5 Å². The number of aromatic nitrogens is 4. The second-order valence-electron chi connectivity index (χ2n) is 6.22. The number of hydrogen-bond donors (Lipinski definition) is 2. The number of aryl methyl sites for hydroxylation is 4. The van der Waals surface area contributed by atoms with Gasteiger partial charge in [0.25, 0.3) is 0 Å². The summed E-state index contributed by atoms with van der Waals surface area (Å²) in [4.78, 5) is 25.4. The Kier molecular flexibility index (Phi) is 5.46. The Morgan fingerprint density at radius 2 is 1.92 bits per heavy atom. The van der Waals surface area contributed by atoms with Gasteiger partial charge in [0.2, 0.25) is 0 Å². The van der Waals surface area contributed by atoms with Gasteiger partial charge in [-0.1, -0.05) is 6.92 Å². The molecular formula is C19H24N6O. The molecule has 1 aromatic carbocycles. The molecule has 2 heterocycles. The number of carbonyl (C=O) groups is 1. The van der Waals surface area contributed by atoms with Crippen molar-refractivity contribution < 1.29 is 4.79 Å². The van der Waals surface area contributed by atoms with Crippen molar-refractivity contribution in [1.82, 2.24) is 24.8 Å². The summed E-state index contributed by atoms with van der Waals surface area (Å²) in [6, 6.07) is 5.33. The van der Waals surface area contributed by atoms with Crippen LogP contribution in [0.4, 0.5) is 10.5 Å². The molecule has 0 spiro atoms. The maximum Gasteiger partial charge on any atom is 0.319 e. The summed E-state index contributed by atoms with van der Waals surface area (Å²) in [5.74, 6) is 1.07. The quantitative estimate of drug-likeness (QED) is 0.667. The zero-order chi connectivity index (χ0) is 18.5. The SMILES string of the molecule is CCc1nccn1CCCNC(=O)Nc1ccc2nc(C)c(C)nc2c1. The van der Waals surface area contributed by atoms with Crippen molar-refractivity contribution in [2.75, 3.05) is 11.9 Å². The van der Waals surface area contributed by atoms with E-state index in [1.165, 1.54) is 0 Å². The zero-order valence-electron chi connectivity index (χ0n) is 15.4. The van der Waals surface area contributed by atoms with Crippen LogP contribution in [0.15, 0.2) is 30.6 Å². The number of amides is 2. The number of nitrogens with one attached hydrogen (secondary N) is 2. The molecule has 0 atom stereocenters. The van der Waals surface area contributed by atoms with E-state index in [1.807, 2.05) is 44.4 Å². The van der Waals surface area contributed by atoms with E-state index in [2.05, 4.69) is 37.1 Å². The summed E-state index contributed by atoms with van der Waals surface area (Å²) in [6.07, 6.45) is 5.53. The number of imidazole rings is 1. The van der Waals surface area contributed by atoms with Gasteiger partial charge in [-0.15, -0.1) is 0 Å². The predicted octanol–water partition coefficient (Wildman–Crippen LogP) is 3.22. The summed E-state index contributed by atoms with van der Waals surface area (Å²) in [5, 5.41) is 5.73. The first-order chi connectivity index (χ1) is 12.6. The number of benzene rings is 1. The maximum atomic E-state index is 12.1. The zero-order valence-corrected chi connectivity index (χ0v) is 15.4. The van der Waals surface area contributed by atoms with Crippen molar-refractivity contribution in [3.05, 3.63) is 47.8 Å². The van der Waals surface area contributed by atoms with Crippen molar-refractivity contribution in [3.8, 4) is 0 Å². The highest BCUT2D eigenvalue weighted by molar-refractivity contribution is 5.91. The normalized spacial score (nSPS) is 10.9. The van der Waals surface area contributed by atoms with Crippen LogP contribution in [0.1, 0.15) is 30.6 Å². The maximum absolute atomic E-state index is 12.1. The smallest absolute Gasteiger partial charge is 0.319 e. The third-order valence-corrected chi connectivity index (χ3v) is 4.31. The summed E-state index contributed by atoms with van der Waals surface area (Å²) < 4.78 is 2.12. The number of fused-ring (bicyclic) bond motifs is 1. The van der Waals surface area contributed by atoms with Crippen LogP contribution in [0.25, 0.3) is 11.0 Å². The van der Waals surface area contributed by atoms with Crippen LogP contribution in [-0.2, 0) is 13.0 Å². The van der Waals surface area contributed by atoms with Crippen molar-refractivity contribution in [2.45, 2.75) is 40.2 Å². The van der Waals surface area contributed by atoms with E-state index in [0.29, 0.717) is 12.2 Å². The third kappa shape index (κ3) is 4.17. The van der Waals surface area contributed by atoms with Crippen molar-refractivity contribution in [1.29, 1.82) is 0 Å². The van der Waals surface area contributed by atoms with E-state index >= 15 is 0 Å². The van der Waals surface area contributed by atoms with Crippen molar-refractivity contribution >= 4 is 22.8 Å². The fraction of sp³-hybridized carbons (Fsp3) is 0.368. The lowest BCUT2D eigenvalue weighted by molar-refractivity contribution is 0.252. The third-order valence-electron chi connectivity index (χ3n) is 4.31. The van der Waals surface area contributed by atoms with Crippen LogP contribution in [0.3, 0.4) is 0 Å². The van der Waals surface area contributed by atoms with Gasteiger partial charge in [-0.3, -0.25) is 0 Å². The number of hydrogen-bond acceptors (Lipinski definition) is 4. The monoisotopic (exact) mass is 352 g/mol. The van der Waals surface area contributed by atoms with Gasteiger partial charge in [0.15, 0.2) is 0 Å². The van der Waals surface area contributed by atoms with E-state index in [-0.39, 0.29) is 6.03 Å². The highest BCUT2D eigenvalue weighted by Gasteiger charge is 2.06. The molecule has 7 heteroatoms. The molecule has 0 unspecified atom stereocenters. The van der Waals surface area contributed by atoms with E-state index in [1.54, 1.807) is 0 Å². The van der Waals surface area contributed by atoms with Crippen LogP contribution in [0.5, 0.6) is 0 Å². The molecule has 2 aromatic heterocycles. The lowest BCUT2D eigenvalue weighted by atomic mass is 10.2. The van der Waals surface area contributed by atoms with Gasteiger partial charge in [0, 0.05) is 37.6 Å². The van der Waals surface area contributed by atoms with Gasteiger partial charge < -0.3 is 15.2 Å². The van der Waals surface area contributed by atoms with Gasteiger partial charge in [-0.2, -0.15) is 0 Å². The summed E-state index contributed by atoms with van der Waals surface area (Å²) in [6.45, 7) is 7.39. The summed E-state index contributed by atoms with van der Waals surface area (Å²) in [7, 11) is 0. The van der Waals surface area contributed by atoms with Gasteiger partial charge >= 0.3 is 6.03 Å². The molecule has 136 valence electrons. The Labute approximate surface area is 152 Å². The first kappa shape index (κ1) is 17.8. The molecule has 0 aliphatic carbocycles. The molecule has 3 rings (SSSR count). The Balaban J connectivity index is 1.51. The van der Waals surface area contributed by atoms with E-state index < -0.39 is 0 Å². The molecule has 2 amide bonds. The number of carbonyl (C=O) groups excluding carboxylic acids is 1. The average molecular weight is 352 g/mol. The van der Waals surface area contributed by atoms with Crippen LogP contribution in [-0.4, -0.2) is 32.1 Å². The minimum atomic E-state index is -0.220. The molecule has 3 aromatic rings. The molecule has 2 N–H and O–H groups in total. The lowest BCUT2D eigenvalue weighted by Gasteiger charge is -2.10. The van der Waals surface area contributed by atoms with Crippen molar-refractivity contribution in [3.63, 3.8) is 0 Å². The fourth-order valence-electron chi connectivity index (χ4n) is 2.79. The van der Waals surface area contributed by atoms with E-state index in [9.17, 15) is 4.79 Å². The Hall–Kier alpha value is -2.96. The summed E-state index contributed by atoms with van der Waals surface area (Å²) >= 11 is 0. The minimum absolute atomic E-state index is 0.220. The standard InChI is InChI=1S/C19H24N6O/c1-4-18-20-9-11-25(18)10-5-8-21-19(26)24-15-6-7-16-17(12-15)23-14(3)13(2)22-16/h6-7,9,11-12H,4-5,8,10H2,1-3H3,(H2,21,24,26). The van der Waals surface area contributed by atoms with Crippen LogP contribution >= 0.6 is 0 Å². The molecule has 0 fully saturated rings. The molecular weight excluding hydrogens is 328 g/mol. The van der Waals surface area contributed by atoms with Gasteiger partial charge in [-0.25, -0.2) is 19.7 Å². The Morgan fingerprint density at radius 3 is 2.69 bits per heavy atom. The van der Waals surface area contributed by atoms with E-state index in [0.717, 1.165) is 47.6 Å². The number of rotatable bonds is 6. The second kappa shape index (κ2) is 7.95. The topological polar surface area (TPSA) is 84.7 Å². The summed E-state index contributed by atoms with van der Waals surface area (Å²) in [5.41, 5.74) is 4.12. The molecule has 26 heavy (non-hydrogen) atoms. The number of nitrogens with zero attached hydrogens (tertiary/aromatic N) is 4. The van der Waals surface area contributed by atoms with Crippen LogP contribution < -0.4 is 10.6 Å². The molecule has 7 nitrogen and oxygen atoms in total. The molecule has 0 saturated carbocycles. The van der Waals surface area contributed by atoms with Crippen LogP contribution in [0, 0.1) is 13.8 Å². The van der Waals surface area contributed by atoms with E-state index in [4.69, 9.17) is 0 Å². The molecule has 0 aliphatic rings. The first-order valence-electron chi connectivity index (χ1n) is 8.86. The Morgan fingerprint density at radius 1 is 1.15 bits per heavy atom. The van der Waals surface area contributed by atoms with Crippen LogP contribution in [0.2, 0.25) is 0 Å². The minimum Gasteiger partial charge on any atom is -0.338 e. The average Bonchev–Trinajstić information content (AvgIpc) is 3.07. The molecule has 0 saturated heterocycles. The second-order valence-corrected chi connectivity index (χ2v) is 6.22. The largest absolute Gasteiger partial charge is 0.338 e. The van der Waals surface area contributed by atoms with Gasteiger partial charge in [0.05, 0.1) is 22.4 Å².